The van der Waals surface area contributed by atoms with Gasteiger partial charge in [-0.15, -0.1) is 0 Å². The molecular weight excluding hydrogens is 1240 g/mol. The Kier molecular flexibility index (Phi) is 21.3. The molecule has 0 amide bonds. The zero-order valence-corrected chi connectivity index (χ0v) is 69.1. The van der Waals surface area contributed by atoms with Crippen LogP contribution in [0.3, 0.4) is 0 Å². The van der Waals surface area contributed by atoms with Crippen LogP contribution in [-0.2, 0) is 56.4 Å². The van der Waals surface area contributed by atoms with Crippen molar-refractivity contribution >= 4 is 21.5 Å². The number of nitrogens with zero attached hydrogens (tertiary/aromatic N) is 1. The maximum absolute atomic E-state index is 2.64. The van der Waals surface area contributed by atoms with Crippen molar-refractivity contribution in [1.82, 2.24) is 0 Å². The lowest BCUT2D eigenvalue weighted by Gasteiger charge is -2.39. The summed E-state index contributed by atoms with van der Waals surface area (Å²) in [5.41, 5.74) is 31.9. The Bertz CT molecular complexity index is 4140. The summed E-state index contributed by atoms with van der Waals surface area (Å²) in [5, 5.41) is 5.26. The lowest BCUT2D eigenvalue weighted by molar-refractivity contribution is -0.953. The van der Waals surface area contributed by atoms with E-state index in [1.165, 1.54) is 206 Å². The van der Waals surface area contributed by atoms with Crippen molar-refractivity contribution in [1.29, 1.82) is 0 Å². The minimum Gasteiger partial charge on any atom is -0.316 e. The van der Waals surface area contributed by atoms with Gasteiger partial charge in [0.1, 0.15) is 13.1 Å². The van der Waals surface area contributed by atoms with Crippen LogP contribution in [0.25, 0.3) is 99.4 Å². The Labute approximate surface area is 626 Å². The van der Waals surface area contributed by atoms with Crippen molar-refractivity contribution in [3.05, 3.63) is 225 Å². The van der Waals surface area contributed by atoms with Crippen LogP contribution < -0.4 is 0 Å². The minimum atomic E-state index is -0.0532. The highest BCUT2D eigenvalue weighted by Gasteiger charge is 2.39. The summed E-state index contributed by atoms with van der Waals surface area (Å²) in [7, 11) is 0. The van der Waals surface area contributed by atoms with Crippen molar-refractivity contribution < 1.29 is 4.48 Å². The fourth-order valence-corrected chi connectivity index (χ4v) is 16.0. The number of rotatable bonds is 16. The van der Waals surface area contributed by atoms with Crippen LogP contribution in [-0.4, -0.2) is 17.6 Å². The van der Waals surface area contributed by atoms with E-state index in [4.69, 9.17) is 0 Å². The average Bonchev–Trinajstić information content (AvgIpc) is 1.65. The van der Waals surface area contributed by atoms with Gasteiger partial charge < -0.3 is 4.48 Å². The quantitative estimate of drug-likeness (QED) is 0.0668. The molecule has 1 heterocycles. The lowest BCUT2D eigenvalue weighted by Crippen LogP contribution is -2.47. The van der Waals surface area contributed by atoms with Crippen LogP contribution in [0.1, 0.15) is 287 Å². The molecule has 0 bridgehead atoms. The van der Waals surface area contributed by atoms with Gasteiger partial charge in [0.2, 0.25) is 0 Å². The second kappa shape index (κ2) is 28.5. The van der Waals surface area contributed by atoms with Gasteiger partial charge in [-0.1, -0.05) is 327 Å². The summed E-state index contributed by atoms with van der Waals surface area (Å²) in [4.78, 5) is 0. The molecule has 0 fully saturated rings. The zero-order chi connectivity index (χ0) is 75.0. The molecule has 0 saturated carbocycles. The predicted octanol–water partition coefficient (Wildman–Crippen LogP) is 30.0. The van der Waals surface area contributed by atoms with Gasteiger partial charge in [0, 0.05) is 22.3 Å². The maximum atomic E-state index is 2.64. The lowest BCUT2D eigenvalue weighted by atomic mass is 9.77. The molecule has 10 aromatic rings. The molecule has 0 atom stereocenters. The smallest absolute Gasteiger partial charge is 0.106 e. The van der Waals surface area contributed by atoms with Crippen molar-refractivity contribution in [2.24, 2.45) is 0 Å². The number of hydrogen-bond acceptors (Lipinski definition) is 0. The van der Waals surface area contributed by atoms with Crippen molar-refractivity contribution in [3.63, 3.8) is 0 Å². The molecule has 0 radical (unpaired) electrons. The summed E-state index contributed by atoms with van der Waals surface area (Å²) in [5.74, 6) is 0. The summed E-state index contributed by atoms with van der Waals surface area (Å²) in [6.45, 7) is 66.1. The molecule has 1 aliphatic heterocycles. The van der Waals surface area contributed by atoms with Crippen LogP contribution in [0, 0.1) is 0 Å². The first-order valence-electron chi connectivity index (χ1n) is 39.8. The topological polar surface area (TPSA) is 0 Å². The molecule has 0 unspecified atom stereocenters. The van der Waals surface area contributed by atoms with E-state index in [1.54, 1.807) is 0 Å². The average molecular weight is 1370 g/mol. The SMILES string of the molecule is CCCCCC[N+]1(CCCCCC)Cc2c(-c3cc(-c4cc(C(C)(C)C)cc(C(C)(C)C)c4)cc(-c4cc(C(C)(C)C)cc(C(C)(C)C)c4)c3)cc3ccccc3c2-c2c(c(-c3cc(-c4cc(C(C)(C)C)cc(C(C)(C)C)c4)cc(-c4cc(C(C)(C)C)cc(C(C)(C)C)c4)c3)cc3ccccc23)C1. The predicted molar refractivity (Wildman–Crippen MR) is 455 cm³/mol. The Hall–Kier alpha value is -7.32. The highest BCUT2D eigenvalue weighted by atomic mass is 15.4. The zero-order valence-electron chi connectivity index (χ0n) is 69.1. The number of hydrogen-bond donors (Lipinski definition) is 0. The van der Waals surface area contributed by atoms with Crippen LogP contribution in [0.15, 0.2) is 170 Å². The van der Waals surface area contributed by atoms with E-state index < -0.39 is 0 Å². The van der Waals surface area contributed by atoms with Gasteiger partial charge in [0.05, 0.1) is 13.1 Å². The van der Waals surface area contributed by atoms with Gasteiger partial charge in [0.15, 0.2) is 0 Å². The standard InChI is InChI=1S/C102H130N/c1-27-29-31-37-43-103(44-38-32-30-28-2)65-91-89(77-47-69(73-51-79(95(3,4)5)61-80(52-73)96(6,7)8)45-70(48-77)74-53-81(97(9,10)11)62-82(54-74)98(12,13)14)59-67-39-33-35-41-87(67)93(91)94-88-42-36-34-40-68(88)60-90(92(94)66-103)78-49-71(75-55-83(99(15,16)17)63-84(56-75)100(18,19)20)46-72(50-78)76-57-85(101(21,22)23)64-86(58-76)102(24,25)26/h33-36,39-42,45-64H,27-32,37-38,43-44,65-66H2,1-26H3/q+1. The van der Waals surface area contributed by atoms with E-state index in [0.717, 1.165) is 30.7 Å². The first-order valence-corrected chi connectivity index (χ1v) is 39.8. The fraction of sp³-hybridized carbons (Fsp3) is 0.451. The van der Waals surface area contributed by atoms with Crippen molar-refractivity contribution in [2.45, 2.75) is 288 Å². The monoisotopic (exact) mass is 1370 g/mol. The molecule has 0 N–H and O–H groups in total. The third kappa shape index (κ3) is 17.0. The van der Waals surface area contributed by atoms with Crippen molar-refractivity contribution in [2.75, 3.05) is 13.1 Å². The van der Waals surface area contributed by atoms with Gasteiger partial charge in [-0.2, -0.15) is 0 Å². The maximum Gasteiger partial charge on any atom is 0.106 e. The minimum absolute atomic E-state index is 0.0532. The highest BCUT2D eigenvalue weighted by Crippen LogP contribution is 2.53. The summed E-state index contributed by atoms with van der Waals surface area (Å²) >= 11 is 0. The largest absolute Gasteiger partial charge is 0.316 e. The molecule has 1 nitrogen and oxygen atoms in total. The number of unbranched alkanes of at least 4 members (excludes halogenated alkanes) is 6. The third-order valence-electron chi connectivity index (χ3n) is 23.0. The van der Waals surface area contributed by atoms with Crippen molar-refractivity contribution in [3.8, 4) is 77.9 Å². The molecule has 103 heavy (non-hydrogen) atoms. The number of quaternary nitrogens is 1. The van der Waals surface area contributed by atoms with E-state index in [-0.39, 0.29) is 43.3 Å². The molecule has 0 aliphatic carbocycles. The van der Waals surface area contributed by atoms with Crippen LogP contribution in [0.2, 0.25) is 0 Å². The summed E-state index contributed by atoms with van der Waals surface area (Å²) in [6, 6.07) is 70.1. The Morgan fingerprint density at radius 1 is 0.243 bits per heavy atom. The van der Waals surface area contributed by atoms with E-state index in [2.05, 4.69) is 350 Å². The van der Waals surface area contributed by atoms with E-state index >= 15 is 0 Å². The van der Waals surface area contributed by atoms with Gasteiger partial charge >= 0.3 is 0 Å². The Morgan fingerprint density at radius 2 is 0.466 bits per heavy atom. The van der Waals surface area contributed by atoms with E-state index in [1.807, 2.05) is 0 Å². The van der Waals surface area contributed by atoms with E-state index in [0.29, 0.717) is 0 Å². The molecule has 1 heteroatoms. The second-order valence-corrected chi connectivity index (χ2v) is 40.0. The first-order chi connectivity index (χ1) is 47.9. The van der Waals surface area contributed by atoms with Gasteiger partial charge in [0.25, 0.3) is 0 Å². The molecule has 542 valence electrons. The molecule has 0 saturated heterocycles. The number of benzene rings is 10. The fourth-order valence-electron chi connectivity index (χ4n) is 16.0. The second-order valence-electron chi connectivity index (χ2n) is 40.0. The molecule has 10 aromatic carbocycles. The Morgan fingerprint density at radius 3 is 0.699 bits per heavy atom. The molecule has 0 aromatic heterocycles. The normalized spacial score (nSPS) is 14.1. The molecule has 1 aliphatic rings. The van der Waals surface area contributed by atoms with E-state index in [9.17, 15) is 0 Å². The summed E-state index contributed by atoms with van der Waals surface area (Å²) < 4.78 is 0.999. The van der Waals surface area contributed by atoms with Crippen LogP contribution in [0.5, 0.6) is 0 Å². The van der Waals surface area contributed by atoms with Gasteiger partial charge in [-0.3, -0.25) is 0 Å². The third-order valence-corrected chi connectivity index (χ3v) is 23.0. The first kappa shape index (κ1) is 76.8. The van der Waals surface area contributed by atoms with Gasteiger partial charge in [-0.05, 0) is 250 Å². The highest BCUT2D eigenvalue weighted by molar-refractivity contribution is 6.12. The molecular formula is C102H130N+. The Balaban J connectivity index is 1.33. The number of fused-ring (bicyclic) bond motifs is 7. The molecule has 0 spiro atoms. The summed E-state index contributed by atoms with van der Waals surface area (Å²) in [6.07, 6.45) is 9.78. The van der Waals surface area contributed by atoms with Crippen LogP contribution in [0.4, 0.5) is 0 Å². The van der Waals surface area contributed by atoms with Crippen LogP contribution >= 0.6 is 0 Å². The molecule has 11 rings (SSSR count). The van der Waals surface area contributed by atoms with Gasteiger partial charge in [-0.25, -0.2) is 0 Å².